The molecule has 1 heterocycles. The van der Waals surface area contributed by atoms with Gasteiger partial charge in [-0.1, -0.05) is 103 Å². The van der Waals surface area contributed by atoms with Crippen molar-refractivity contribution in [2.24, 2.45) is 0 Å². The fourth-order valence-corrected chi connectivity index (χ4v) is 4.84. The summed E-state index contributed by atoms with van der Waals surface area (Å²) < 4.78 is 0. The van der Waals surface area contributed by atoms with Gasteiger partial charge in [0.25, 0.3) is 0 Å². The number of aliphatic carboxylic acids is 1. The number of carboxylic acids is 1. The predicted octanol–water partition coefficient (Wildman–Crippen LogP) is 7.43. The number of urea groups is 1. The average molecular weight is 516 g/mol. The number of carboxylic acid groups (broad SMARTS) is 1. The van der Waals surface area contributed by atoms with Gasteiger partial charge in [-0.2, -0.15) is 0 Å². The molecule has 0 bridgehead atoms. The van der Waals surface area contributed by atoms with Crippen LogP contribution in [0.25, 0.3) is 10.9 Å². The van der Waals surface area contributed by atoms with E-state index in [1.807, 2.05) is 0 Å². The van der Waals surface area contributed by atoms with Gasteiger partial charge in [-0.3, -0.25) is 0 Å². The third-order valence-corrected chi connectivity index (χ3v) is 7.09. The fourth-order valence-electron chi connectivity index (χ4n) is 4.84. The summed E-state index contributed by atoms with van der Waals surface area (Å²) in [4.78, 5) is 27.0. The lowest BCUT2D eigenvalue weighted by Gasteiger charge is -2.15. The molecule has 1 unspecified atom stereocenters. The second kappa shape index (κ2) is 18.5. The summed E-state index contributed by atoms with van der Waals surface area (Å²) in [5.74, 6) is -0.975. The minimum absolute atomic E-state index is 0.115. The van der Waals surface area contributed by atoms with E-state index in [-0.39, 0.29) is 12.2 Å². The molecular weight excluding hydrogens is 466 g/mol. The number of rotatable bonds is 21. The van der Waals surface area contributed by atoms with Crippen LogP contribution in [0.15, 0.2) is 24.4 Å². The number of phenolic OH excluding ortho intramolecular Hbond substituents is 1. The molecule has 2 rings (SSSR count). The highest BCUT2D eigenvalue weighted by Crippen LogP contribution is 2.24. The Labute approximate surface area is 222 Å². The van der Waals surface area contributed by atoms with Crippen molar-refractivity contribution in [1.82, 2.24) is 15.6 Å². The third-order valence-electron chi connectivity index (χ3n) is 7.09. The molecule has 0 fully saturated rings. The molecule has 7 heteroatoms. The molecule has 0 aliphatic rings. The molecule has 1 aromatic heterocycles. The molecule has 0 saturated carbocycles. The Balaban J connectivity index is 1.47. The van der Waals surface area contributed by atoms with Crippen LogP contribution in [-0.2, 0) is 11.2 Å². The second-order valence-corrected chi connectivity index (χ2v) is 10.3. The van der Waals surface area contributed by atoms with Crippen LogP contribution in [0.3, 0.4) is 0 Å². The molecule has 2 amide bonds. The summed E-state index contributed by atoms with van der Waals surface area (Å²) >= 11 is 0. The van der Waals surface area contributed by atoms with Crippen LogP contribution in [0, 0.1) is 0 Å². The molecule has 1 aromatic carbocycles. The van der Waals surface area contributed by atoms with Gasteiger partial charge in [0.1, 0.15) is 11.8 Å². The summed E-state index contributed by atoms with van der Waals surface area (Å²) in [6, 6.07) is 3.39. The quantitative estimate of drug-likeness (QED) is 0.111. The SMILES string of the molecule is CCCCCCCCCCCCCCCCCCNC(=O)NC(Cc1c[nH]c2ccc(O)cc12)C(=O)O. The number of aromatic amines is 1. The first kappa shape index (κ1) is 30.5. The highest BCUT2D eigenvalue weighted by molar-refractivity contribution is 5.87. The van der Waals surface area contributed by atoms with Gasteiger partial charge >= 0.3 is 12.0 Å². The van der Waals surface area contributed by atoms with Crippen molar-refractivity contribution in [2.45, 2.75) is 122 Å². The molecule has 0 spiro atoms. The van der Waals surface area contributed by atoms with Crippen LogP contribution in [0.1, 0.15) is 115 Å². The van der Waals surface area contributed by atoms with Crippen molar-refractivity contribution in [3.8, 4) is 5.75 Å². The number of carbonyl (C=O) groups is 2. The predicted molar refractivity (Wildman–Crippen MR) is 151 cm³/mol. The largest absolute Gasteiger partial charge is 0.508 e. The zero-order valence-corrected chi connectivity index (χ0v) is 22.8. The van der Waals surface area contributed by atoms with E-state index in [2.05, 4.69) is 22.5 Å². The van der Waals surface area contributed by atoms with Gasteiger partial charge in [-0.25, -0.2) is 9.59 Å². The number of hydrogen-bond acceptors (Lipinski definition) is 3. The van der Waals surface area contributed by atoms with Crippen LogP contribution in [0.2, 0.25) is 0 Å². The van der Waals surface area contributed by atoms with Crippen LogP contribution in [-0.4, -0.2) is 39.8 Å². The van der Waals surface area contributed by atoms with Crippen molar-refractivity contribution in [3.63, 3.8) is 0 Å². The summed E-state index contributed by atoms with van der Waals surface area (Å²) in [5.41, 5.74) is 1.54. The standard InChI is InChI=1S/C30H49N3O4/c1-2-3-4-5-6-7-8-9-10-11-12-13-14-15-16-17-20-31-30(37)33-28(29(35)36)21-24-23-32-27-19-18-25(34)22-26(24)27/h18-19,22-23,28,32,34H,2-17,20-21H2,1H3,(H,35,36)(H2,31,33,37). The van der Waals surface area contributed by atoms with Crippen LogP contribution < -0.4 is 10.6 Å². The molecule has 0 radical (unpaired) electrons. The molecule has 7 nitrogen and oxygen atoms in total. The summed E-state index contributed by atoms with van der Waals surface area (Å²) in [5, 5.41) is 25.4. The zero-order chi connectivity index (χ0) is 26.7. The van der Waals surface area contributed by atoms with Gasteiger partial charge in [0.2, 0.25) is 0 Å². The Hall–Kier alpha value is -2.70. The maximum absolute atomic E-state index is 12.2. The maximum atomic E-state index is 12.2. The number of unbranched alkanes of at least 4 members (excludes halogenated alkanes) is 15. The number of aromatic nitrogens is 1. The summed E-state index contributed by atoms with van der Waals surface area (Å²) in [7, 11) is 0. The number of H-pyrrole nitrogens is 1. The van der Waals surface area contributed by atoms with E-state index < -0.39 is 18.0 Å². The van der Waals surface area contributed by atoms with Crippen LogP contribution in [0.4, 0.5) is 4.79 Å². The van der Waals surface area contributed by atoms with E-state index in [0.29, 0.717) is 6.54 Å². The highest BCUT2D eigenvalue weighted by Gasteiger charge is 2.22. The Morgan fingerprint density at radius 1 is 0.838 bits per heavy atom. The number of phenols is 1. The van der Waals surface area contributed by atoms with Gasteiger partial charge in [0, 0.05) is 30.1 Å². The minimum Gasteiger partial charge on any atom is -0.508 e. The third kappa shape index (κ3) is 12.9. The van der Waals surface area contributed by atoms with Gasteiger partial charge in [0.05, 0.1) is 0 Å². The van der Waals surface area contributed by atoms with E-state index in [1.165, 1.54) is 89.9 Å². The topological polar surface area (TPSA) is 114 Å². The number of hydrogen-bond donors (Lipinski definition) is 5. The molecule has 0 aliphatic carbocycles. The summed E-state index contributed by atoms with van der Waals surface area (Å²) in [6.45, 7) is 2.81. The minimum atomic E-state index is -1.09. The lowest BCUT2D eigenvalue weighted by Crippen LogP contribution is -2.47. The van der Waals surface area contributed by atoms with Crippen LogP contribution >= 0.6 is 0 Å². The fraction of sp³-hybridized carbons (Fsp3) is 0.667. The molecule has 5 N–H and O–H groups in total. The Kier molecular flexibility index (Phi) is 15.3. The Morgan fingerprint density at radius 3 is 1.92 bits per heavy atom. The van der Waals surface area contributed by atoms with Gasteiger partial charge in [-0.05, 0) is 30.2 Å². The molecule has 37 heavy (non-hydrogen) atoms. The van der Waals surface area contributed by atoms with Gasteiger partial charge in [-0.15, -0.1) is 0 Å². The summed E-state index contributed by atoms with van der Waals surface area (Å²) in [6.07, 6.45) is 22.7. The van der Waals surface area contributed by atoms with Gasteiger partial charge in [0.15, 0.2) is 0 Å². The monoisotopic (exact) mass is 515 g/mol. The molecular formula is C30H49N3O4. The van der Waals surface area contributed by atoms with Crippen LogP contribution in [0.5, 0.6) is 5.75 Å². The van der Waals surface area contributed by atoms with Crippen molar-refractivity contribution in [1.29, 1.82) is 0 Å². The average Bonchev–Trinajstić information content (AvgIpc) is 3.27. The van der Waals surface area contributed by atoms with E-state index in [0.717, 1.165) is 29.3 Å². The molecule has 0 saturated heterocycles. The zero-order valence-electron chi connectivity index (χ0n) is 22.8. The van der Waals surface area contributed by atoms with E-state index in [9.17, 15) is 19.8 Å². The van der Waals surface area contributed by atoms with E-state index in [4.69, 9.17) is 0 Å². The molecule has 2 aromatic rings. The number of benzene rings is 1. The number of amides is 2. The highest BCUT2D eigenvalue weighted by atomic mass is 16.4. The number of nitrogens with one attached hydrogen (secondary N) is 3. The molecule has 0 aliphatic heterocycles. The number of fused-ring (bicyclic) bond motifs is 1. The van der Waals surface area contributed by atoms with Crippen molar-refractivity contribution < 1.29 is 19.8 Å². The number of aromatic hydroxyl groups is 1. The lowest BCUT2D eigenvalue weighted by atomic mass is 10.0. The van der Waals surface area contributed by atoms with Crippen molar-refractivity contribution in [2.75, 3.05) is 6.54 Å². The second-order valence-electron chi connectivity index (χ2n) is 10.3. The first-order valence-electron chi connectivity index (χ1n) is 14.6. The molecule has 208 valence electrons. The van der Waals surface area contributed by atoms with Crippen molar-refractivity contribution >= 4 is 22.9 Å². The normalized spacial score (nSPS) is 12.0. The first-order chi connectivity index (χ1) is 18.0. The lowest BCUT2D eigenvalue weighted by molar-refractivity contribution is -0.139. The van der Waals surface area contributed by atoms with Gasteiger partial charge < -0.3 is 25.8 Å². The number of carbonyl (C=O) groups excluding carboxylic acids is 1. The maximum Gasteiger partial charge on any atom is 0.326 e. The first-order valence-corrected chi connectivity index (χ1v) is 14.6. The Morgan fingerprint density at radius 2 is 1.38 bits per heavy atom. The van der Waals surface area contributed by atoms with E-state index >= 15 is 0 Å². The van der Waals surface area contributed by atoms with E-state index in [1.54, 1.807) is 24.4 Å². The Bertz CT molecular complexity index is 911. The van der Waals surface area contributed by atoms with Crippen molar-refractivity contribution in [3.05, 3.63) is 30.0 Å². The molecule has 1 atom stereocenters. The smallest absolute Gasteiger partial charge is 0.326 e.